The number of benzene rings is 2. The monoisotopic (exact) mass is 377 g/mol. The highest BCUT2D eigenvalue weighted by Gasteiger charge is 2.21. The number of carboxylic acid groups (broad SMARTS) is 1. The van der Waals surface area contributed by atoms with Gasteiger partial charge in [-0.1, -0.05) is 42.5 Å². The molecule has 0 aliphatic heterocycles. The van der Waals surface area contributed by atoms with E-state index in [-0.39, 0.29) is 6.42 Å². The molecule has 26 heavy (non-hydrogen) atoms. The third-order valence-corrected chi connectivity index (χ3v) is 3.94. The van der Waals surface area contributed by atoms with Gasteiger partial charge in [-0.05, 0) is 29.3 Å². The van der Waals surface area contributed by atoms with Gasteiger partial charge < -0.3 is 10.4 Å². The van der Waals surface area contributed by atoms with Gasteiger partial charge in [-0.25, -0.2) is 4.79 Å². The largest absolute Gasteiger partial charge is 0.480 e. The minimum atomic E-state index is -4.71. The summed E-state index contributed by atoms with van der Waals surface area (Å²) in [6.07, 6.45) is 1.13. The Balaban J connectivity index is 2.07. The molecule has 0 bridgehead atoms. The molecule has 0 fully saturated rings. The third kappa shape index (κ3) is 6.14. The van der Waals surface area contributed by atoms with Gasteiger partial charge in [-0.15, -0.1) is 3.89 Å². The second kappa shape index (κ2) is 8.39. The number of nitrogens with one attached hydrogen (secondary N) is 1. The van der Waals surface area contributed by atoms with Crippen LogP contribution in [0.15, 0.2) is 60.0 Å². The van der Waals surface area contributed by atoms with Crippen molar-refractivity contribution in [1.29, 1.82) is 0 Å². The molecule has 6 nitrogen and oxygen atoms in total. The SMILES string of the molecule is O=C(NC(Cc1ccc(/C=C/S(=O)(=O)F)cc1)C(=O)O)c1ccccc1. The van der Waals surface area contributed by atoms with Crippen molar-refractivity contribution in [3.63, 3.8) is 0 Å². The van der Waals surface area contributed by atoms with E-state index in [0.717, 1.165) is 6.08 Å². The van der Waals surface area contributed by atoms with Gasteiger partial charge in [-0.3, -0.25) is 4.79 Å². The topological polar surface area (TPSA) is 101 Å². The molecule has 2 aromatic rings. The van der Waals surface area contributed by atoms with Crippen LogP contribution in [0, 0.1) is 0 Å². The predicted molar refractivity (Wildman–Crippen MR) is 94.5 cm³/mol. The molecule has 2 rings (SSSR count). The lowest BCUT2D eigenvalue weighted by Gasteiger charge is -2.15. The Morgan fingerprint density at radius 1 is 1.08 bits per heavy atom. The molecule has 0 saturated heterocycles. The highest BCUT2D eigenvalue weighted by molar-refractivity contribution is 7.89. The van der Waals surface area contributed by atoms with Crippen molar-refractivity contribution in [3.8, 4) is 0 Å². The molecule has 2 N–H and O–H groups in total. The lowest BCUT2D eigenvalue weighted by Crippen LogP contribution is -2.42. The zero-order valence-corrected chi connectivity index (χ0v) is 14.3. The Morgan fingerprint density at radius 2 is 1.69 bits per heavy atom. The fraction of sp³-hybridized carbons (Fsp3) is 0.111. The highest BCUT2D eigenvalue weighted by Crippen LogP contribution is 2.11. The normalized spacial score (nSPS) is 12.7. The first kappa shape index (κ1) is 19.3. The summed E-state index contributed by atoms with van der Waals surface area (Å²) in [5, 5.41) is 12.2. The number of carbonyl (C=O) groups is 2. The molecule has 1 atom stereocenters. The molecule has 8 heteroatoms. The molecule has 1 amide bonds. The molecule has 0 spiro atoms. The Labute approximate surface area is 150 Å². The molecule has 136 valence electrons. The van der Waals surface area contributed by atoms with E-state index >= 15 is 0 Å². The third-order valence-electron chi connectivity index (χ3n) is 3.48. The van der Waals surface area contributed by atoms with Crippen LogP contribution >= 0.6 is 0 Å². The fourth-order valence-electron chi connectivity index (χ4n) is 2.19. The summed E-state index contributed by atoms with van der Waals surface area (Å²) in [5.74, 6) is -1.67. The van der Waals surface area contributed by atoms with E-state index in [1.165, 1.54) is 12.1 Å². The molecule has 0 aliphatic carbocycles. The summed E-state index contributed by atoms with van der Waals surface area (Å²) in [6, 6.07) is 13.3. The summed E-state index contributed by atoms with van der Waals surface area (Å²) in [6.45, 7) is 0. The van der Waals surface area contributed by atoms with Crippen LogP contribution < -0.4 is 5.32 Å². The van der Waals surface area contributed by atoms with E-state index in [9.17, 15) is 27.0 Å². The summed E-state index contributed by atoms with van der Waals surface area (Å²) >= 11 is 0. The van der Waals surface area contributed by atoms with Crippen molar-refractivity contribution < 1.29 is 27.0 Å². The van der Waals surface area contributed by atoms with Gasteiger partial charge in [0.1, 0.15) is 6.04 Å². The maximum absolute atomic E-state index is 12.5. The lowest BCUT2D eigenvalue weighted by molar-refractivity contribution is -0.139. The molecular formula is C18H16FNO5S. The van der Waals surface area contributed by atoms with Gasteiger partial charge in [0.05, 0.1) is 5.41 Å². The number of carboxylic acids is 1. The Hall–Kier alpha value is -3.00. The number of rotatable bonds is 7. The Morgan fingerprint density at radius 3 is 2.23 bits per heavy atom. The van der Waals surface area contributed by atoms with E-state index in [4.69, 9.17) is 0 Å². The number of carbonyl (C=O) groups excluding carboxylic acids is 1. The molecule has 0 radical (unpaired) electrons. The maximum Gasteiger partial charge on any atom is 0.326 e. The average molecular weight is 377 g/mol. The number of aliphatic carboxylic acids is 1. The van der Waals surface area contributed by atoms with Gasteiger partial charge in [0.25, 0.3) is 5.91 Å². The number of halogens is 1. The van der Waals surface area contributed by atoms with Crippen LogP contribution in [0.25, 0.3) is 6.08 Å². The fourth-order valence-corrected chi connectivity index (χ4v) is 2.51. The quantitative estimate of drug-likeness (QED) is 0.722. The average Bonchev–Trinajstić information content (AvgIpc) is 2.60. The molecule has 0 saturated carbocycles. The zero-order chi connectivity index (χ0) is 19.2. The minimum absolute atomic E-state index is 0.0410. The smallest absolute Gasteiger partial charge is 0.326 e. The maximum atomic E-state index is 12.5. The van der Waals surface area contributed by atoms with Crippen LogP contribution in [0.3, 0.4) is 0 Å². The van der Waals surface area contributed by atoms with Crippen molar-refractivity contribution >= 4 is 28.2 Å². The van der Waals surface area contributed by atoms with Crippen LogP contribution in [0.1, 0.15) is 21.5 Å². The second-order valence-electron chi connectivity index (χ2n) is 5.45. The lowest BCUT2D eigenvalue weighted by atomic mass is 10.0. The first-order valence-corrected chi connectivity index (χ1v) is 9.00. The Kier molecular flexibility index (Phi) is 6.24. The van der Waals surface area contributed by atoms with Gasteiger partial charge >= 0.3 is 16.2 Å². The van der Waals surface area contributed by atoms with E-state index < -0.39 is 28.1 Å². The standard InChI is InChI=1S/C18H16FNO5S/c19-26(24,25)11-10-13-6-8-14(9-7-13)12-16(18(22)23)20-17(21)15-4-2-1-3-5-15/h1-11,16H,12H2,(H,20,21)(H,22,23)/b11-10+. The van der Waals surface area contributed by atoms with Crippen molar-refractivity contribution in [1.82, 2.24) is 5.32 Å². The predicted octanol–water partition coefficient (Wildman–Crippen LogP) is 2.38. The number of amides is 1. The van der Waals surface area contributed by atoms with Crippen LogP contribution in [0.2, 0.25) is 0 Å². The summed E-state index contributed by atoms with van der Waals surface area (Å²) in [5.41, 5.74) is 1.41. The van der Waals surface area contributed by atoms with Crippen molar-refractivity contribution in [2.45, 2.75) is 12.5 Å². The van der Waals surface area contributed by atoms with Gasteiger partial charge in [0, 0.05) is 12.0 Å². The highest BCUT2D eigenvalue weighted by atomic mass is 32.3. The zero-order valence-electron chi connectivity index (χ0n) is 13.5. The van der Waals surface area contributed by atoms with Gasteiger partial charge in [0.2, 0.25) is 0 Å². The molecule has 0 aromatic heterocycles. The van der Waals surface area contributed by atoms with Crippen LogP contribution in [0.4, 0.5) is 3.89 Å². The van der Waals surface area contributed by atoms with Crippen molar-refractivity contribution in [2.24, 2.45) is 0 Å². The first-order valence-electron chi connectivity index (χ1n) is 7.55. The Bertz CT molecular complexity index is 908. The van der Waals surface area contributed by atoms with E-state index in [1.807, 2.05) is 0 Å². The molecule has 0 heterocycles. The summed E-state index contributed by atoms with van der Waals surface area (Å²) < 4.78 is 33.4. The molecular weight excluding hydrogens is 361 g/mol. The van der Waals surface area contributed by atoms with Crippen molar-refractivity contribution in [2.75, 3.05) is 0 Å². The molecule has 2 aromatic carbocycles. The number of hydrogen-bond acceptors (Lipinski definition) is 4. The summed E-state index contributed by atoms with van der Waals surface area (Å²) in [4.78, 5) is 23.5. The first-order chi connectivity index (χ1) is 12.2. The summed E-state index contributed by atoms with van der Waals surface area (Å²) in [7, 11) is -4.71. The van der Waals surface area contributed by atoms with Crippen LogP contribution in [-0.2, 0) is 21.4 Å². The van der Waals surface area contributed by atoms with Gasteiger partial charge in [0.15, 0.2) is 0 Å². The second-order valence-corrected chi connectivity index (χ2v) is 6.68. The van der Waals surface area contributed by atoms with Crippen LogP contribution in [-0.4, -0.2) is 31.4 Å². The molecule has 1 unspecified atom stereocenters. The van der Waals surface area contributed by atoms with Gasteiger partial charge in [-0.2, -0.15) is 8.42 Å². The minimum Gasteiger partial charge on any atom is -0.480 e. The van der Waals surface area contributed by atoms with Crippen LogP contribution in [0.5, 0.6) is 0 Å². The van der Waals surface area contributed by atoms with E-state index in [1.54, 1.807) is 42.5 Å². The number of hydrogen-bond donors (Lipinski definition) is 2. The van der Waals surface area contributed by atoms with E-state index in [2.05, 4.69) is 5.32 Å². The van der Waals surface area contributed by atoms with E-state index in [0.29, 0.717) is 22.1 Å². The molecule has 0 aliphatic rings. The van der Waals surface area contributed by atoms with Crippen molar-refractivity contribution in [3.05, 3.63) is 76.7 Å².